The summed E-state index contributed by atoms with van der Waals surface area (Å²) in [6, 6.07) is 0. The summed E-state index contributed by atoms with van der Waals surface area (Å²) in [6.45, 7) is -0.438. The number of tetrazole rings is 1. The Kier molecular flexibility index (Phi) is 3.19. The van der Waals surface area contributed by atoms with Gasteiger partial charge in [-0.15, -0.1) is 5.10 Å². The average Bonchev–Trinajstić information content (AvgIpc) is 2.70. The zero-order valence-electron chi connectivity index (χ0n) is 9.56. The van der Waals surface area contributed by atoms with E-state index in [0.717, 1.165) is 0 Å². The smallest absolute Gasteiger partial charge is 0.367 e. The molecule has 1 heterocycles. The van der Waals surface area contributed by atoms with Crippen LogP contribution in [0.2, 0.25) is 0 Å². The Bertz CT molecular complexity index is 486. The number of halogens is 4. The number of aromatic nitrogens is 4. The summed E-state index contributed by atoms with van der Waals surface area (Å²) >= 11 is 0. The standard InChI is InChI=1S/C9H10F4N4O2/c10-5(11)9(12,13)6-14-15-16-17(6)4-8(7(18)19)2-1-3-8/h5H,1-4H2,(H,18,19). The van der Waals surface area contributed by atoms with E-state index in [0.29, 0.717) is 11.1 Å². The number of alkyl halides is 4. The molecule has 0 radical (unpaired) electrons. The predicted octanol–water partition coefficient (Wildman–Crippen LogP) is 1.28. The van der Waals surface area contributed by atoms with Gasteiger partial charge in [-0.05, 0) is 23.3 Å². The van der Waals surface area contributed by atoms with Crippen LogP contribution in [-0.4, -0.2) is 37.7 Å². The monoisotopic (exact) mass is 282 g/mol. The minimum absolute atomic E-state index is 0.280. The van der Waals surface area contributed by atoms with E-state index in [9.17, 15) is 22.4 Å². The molecule has 0 aliphatic heterocycles. The third-order valence-corrected chi connectivity index (χ3v) is 3.32. The van der Waals surface area contributed by atoms with E-state index in [-0.39, 0.29) is 12.8 Å². The number of carbonyl (C=O) groups is 1. The van der Waals surface area contributed by atoms with E-state index < -0.39 is 36.1 Å². The summed E-state index contributed by atoms with van der Waals surface area (Å²) < 4.78 is 51.4. The third kappa shape index (κ3) is 2.15. The van der Waals surface area contributed by atoms with Crippen molar-refractivity contribution >= 4 is 5.97 Å². The zero-order chi connectivity index (χ0) is 14.3. The molecule has 1 aliphatic carbocycles. The first-order valence-electron chi connectivity index (χ1n) is 5.45. The van der Waals surface area contributed by atoms with Gasteiger partial charge in [0.2, 0.25) is 5.82 Å². The lowest BCUT2D eigenvalue weighted by atomic mass is 9.69. The maximum absolute atomic E-state index is 13.2. The molecule has 0 aromatic carbocycles. The van der Waals surface area contributed by atoms with Crippen LogP contribution < -0.4 is 0 Å². The van der Waals surface area contributed by atoms with Crippen molar-refractivity contribution in [3.8, 4) is 0 Å². The average molecular weight is 282 g/mol. The number of carboxylic acid groups (broad SMARTS) is 1. The SMILES string of the molecule is O=C(O)C1(Cn2nnnc2C(F)(F)C(F)F)CCC1. The lowest BCUT2D eigenvalue weighted by Gasteiger charge is -2.37. The summed E-state index contributed by atoms with van der Waals surface area (Å²) in [4.78, 5) is 11.1. The molecule has 1 fully saturated rings. The van der Waals surface area contributed by atoms with Crippen LogP contribution in [-0.2, 0) is 17.3 Å². The van der Waals surface area contributed by atoms with Gasteiger partial charge in [0.1, 0.15) is 0 Å². The molecule has 1 N–H and O–H groups in total. The van der Waals surface area contributed by atoms with E-state index in [1.165, 1.54) is 0 Å². The summed E-state index contributed by atoms with van der Waals surface area (Å²) in [5, 5.41) is 18.1. The lowest BCUT2D eigenvalue weighted by molar-refractivity contribution is -0.158. The molecule has 106 valence electrons. The predicted molar refractivity (Wildman–Crippen MR) is 51.6 cm³/mol. The first-order chi connectivity index (χ1) is 8.79. The molecule has 1 saturated carbocycles. The van der Waals surface area contributed by atoms with E-state index in [2.05, 4.69) is 15.5 Å². The molecule has 0 amide bonds. The highest BCUT2D eigenvalue weighted by Crippen LogP contribution is 2.43. The van der Waals surface area contributed by atoms with Crippen molar-refractivity contribution in [3.63, 3.8) is 0 Å². The number of aliphatic carboxylic acids is 1. The van der Waals surface area contributed by atoms with Crippen molar-refractivity contribution in [2.45, 2.75) is 38.2 Å². The molecule has 19 heavy (non-hydrogen) atoms. The van der Waals surface area contributed by atoms with Gasteiger partial charge in [0.25, 0.3) is 0 Å². The Morgan fingerprint density at radius 3 is 2.53 bits per heavy atom. The number of hydrogen-bond acceptors (Lipinski definition) is 4. The first-order valence-corrected chi connectivity index (χ1v) is 5.45. The second-order valence-corrected chi connectivity index (χ2v) is 4.52. The van der Waals surface area contributed by atoms with Gasteiger partial charge < -0.3 is 5.11 Å². The Hall–Kier alpha value is -1.74. The molecule has 0 bridgehead atoms. The third-order valence-electron chi connectivity index (χ3n) is 3.32. The molecule has 10 heteroatoms. The molecule has 0 atom stereocenters. The molecular formula is C9H10F4N4O2. The maximum Gasteiger partial charge on any atom is 0.367 e. The highest BCUT2D eigenvalue weighted by atomic mass is 19.3. The summed E-state index contributed by atoms with van der Waals surface area (Å²) in [6.07, 6.45) is -2.77. The zero-order valence-corrected chi connectivity index (χ0v) is 9.56. The van der Waals surface area contributed by atoms with Gasteiger partial charge in [-0.2, -0.15) is 8.78 Å². The highest BCUT2D eigenvalue weighted by molar-refractivity contribution is 5.75. The molecule has 1 aliphatic rings. The topological polar surface area (TPSA) is 80.9 Å². The first kappa shape index (κ1) is 13.7. The molecule has 1 aromatic rings. The van der Waals surface area contributed by atoms with Crippen LogP contribution in [0.5, 0.6) is 0 Å². The van der Waals surface area contributed by atoms with E-state index in [4.69, 9.17) is 5.11 Å². The van der Waals surface area contributed by atoms with Crippen LogP contribution in [0.3, 0.4) is 0 Å². The number of rotatable bonds is 5. The Labute approximate surface area is 104 Å². The molecule has 0 spiro atoms. The quantitative estimate of drug-likeness (QED) is 0.823. The molecule has 1 aromatic heterocycles. The van der Waals surface area contributed by atoms with E-state index in [1.54, 1.807) is 0 Å². The van der Waals surface area contributed by atoms with Crippen molar-refractivity contribution in [3.05, 3.63) is 5.82 Å². The molecule has 2 rings (SSSR count). The van der Waals surface area contributed by atoms with Gasteiger partial charge in [-0.3, -0.25) is 4.79 Å². The summed E-state index contributed by atoms with van der Waals surface area (Å²) in [7, 11) is 0. The van der Waals surface area contributed by atoms with Crippen LogP contribution in [0, 0.1) is 5.41 Å². The Morgan fingerprint density at radius 1 is 1.47 bits per heavy atom. The normalized spacial score (nSPS) is 18.4. The fraction of sp³-hybridized carbons (Fsp3) is 0.778. The largest absolute Gasteiger partial charge is 0.481 e. The highest BCUT2D eigenvalue weighted by Gasteiger charge is 2.51. The van der Waals surface area contributed by atoms with Crippen molar-refractivity contribution < 1.29 is 27.5 Å². The summed E-state index contributed by atoms with van der Waals surface area (Å²) in [5.41, 5.74) is -1.25. The number of hydrogen-bond donors (Lipinski definition) is 1. The van der Waals surface area contributed by atoms with Crippen LogP contribution in [0.25, 0.3) is 0 Å². The fourth-order valence-electron chi connectivity index (χ4n) is 1.98. The minimum Gasteiger partial charge on any atom is -0.481 e. The molecule has 0 saturated heterocycles. The molecule has 6 nitrogen and oxygen atoms in total. The second-order valence-electron chi connectivity index (χ2n) is 4.52. The van der Waals surface area contributed by atoms with Crippen LogP contribution in [0.4, 0.5) is 17.6 Å². The van der Waals surface area contributed by atoms with Crippen molar-refractivity contribution in [2.75, 3.05) is 0 Å². The van der Waals surface area contributed by atoms with Crippen LogP contribution in [0.1, 0.15) is 25.1 Å². The van der Waals surface area contributed by atoms with Crippen LogP contribution >= 0.6 is 0 Å². The number of carboxylic acids is 1. The van der Waals surface area contributed by atoms with Gasteiger partial charge in [0.15, 0.2) is 0 Å². The fourth-order valence-corrected chi connectivity index (χ4v) is 1.98. The lowest BCUT2D eigenvalue weighted by Crippen LogP contribution is -2.43. The number of nitrogens with zero attached hydrogens (tertiary/aromatic N) is 4. The van der Waals surface area contributed by atoms with Gasteiger partial charge >= 0.3 is 18.3 Å². The van der Waals surface area contributed by atoms with Crippen molar-refractivity contribution in [2.24, 2.45) is 5.41 Å². The van der Waals surface area contributed by atoms with Crippen LogP contribution in [0.15, 0.2) is 0 Å². The van der Waals surface area contributed by atoms with Gasteiger partial charge in [-0.1, -0.05) is 6.42 Å². The molecule has 0 unspecified atom stereocenters. The van der Waals surface area contributed by atoms with Gasteiger partial charge in [-0.25, -0.2) is 13.5 Å². The van der Waals surface area contributed by atoms with Crippen molar-refractivity contribution in [1.82, 2.24) is 20.2 Å². The summed E-state index contributed by atoms with van der Waals surface area (Å²) in [5.74, 6) is -6.98. The van der Waals surface area contributed by atoms with Gasteiger partial charge in [0, 0.05) is 0 Å². The van der Waals surface area contributed by atoms with E-state index >= 15 is 0 Å². The minimum atomic E-state index is -4.51. The Balaban J connectivity index is 2.28. The molecular weight excluding hydrogens is 272 g/mol. The Morgan fingerprint density at radius 2 is 2.11 bits per heavy atom. The van der Waals surface area contributed by atoms with E-state index in [1.807, 2.05) is 0 Å². The van der Waals surface area contributed by atoms with Gasteiger partial charge in [0.05, 0.1) is 12.0 Å². The van der Waals surface area contributed by atoms with Crippen molar-refractivity contribution in [1.29, 1.82) is 0 Å². The second kappa shape index (κ2) is 4.42. The maximum atomic E-state index is 13.2.